The van der Waals surface area contributed by atoms with Gasteiger partial charge in [-0.25, -0.2) is 0 Å². The van der Waals surface area contributed by atoms with E-state index in [-0.39, 0.29) is 0 Å². The van der Waals surface area contributed by atoms with E-state index >= 15 is 0 Å². The van der Waals surface area contributed by atoms with Crippen LogP contribution in [-0.2, 0) is 0 Å². The van der Waals surface area contributed by atoms with Gasteiger partial charge in [0, 0.05) is 5.56 Å². The Labute approximate surface area is 122 Å². The van der Waals surface area contributed by atoms with Crippen LogP contribution in [0.1, 0.15) is 37.2 Å². The molecule has 0 saturated heterocycles. The Morgan fingerprint density at radius 3 is 2.32 bits per heavy atom. The molecule has 0 amide bonds. The molecule has 0 aromatic heterocycles. The molecule has 19 heavy (non-hydrogen) atoms. The number of hydrogen-bond acceptors (Lipinski definition) is 1. The van der Waals surface area contributed by atoms with Crippen molar-refractivity contribution in [2.24, 2.45) is 0 Å². The Bertz CT molecular complexity index is 568. The third kappa shape index (κ3) is 2.55. The highest BCUT2D eigenvalue weighted by Gasteiger charge is 2.17. The molecular formula is C17H17BrO. The molecule has 0 unspecified atom stereocenters. The first kappa shape index (κ1) is 12.7. The average molecular weight is 317 g/mol. The molecule has 1 nitrogen and oxygen atoms in total. The van der Waals surface area contributed by atoms with Gasteiger partial charge in [0.2, 0.25) is 0 Å². The summed E-state index contributed by atoms with van der Waals surface area (Å²) in [6.07, 6.45) is 5.36. The lowest BCUT2D eigenvalue weighted by atomic mass is 9.95. The third-order valence-electron chi connectivity index (χ3n) is 4.04. The Morgan fingerprint density at radius 1 is 0.947 bits per heavy atom. The first-order valence-electron chi connectivity index (χ1n) is 6.83. The van der Waals surface area contributed by atoms with E-state index in [9.17, 15) is 5.11 Å². The molecule has 0 bridgehead atoms. The molecule has 0 spiro atoms. The lowest BCUT2D eigenvalue weighted by molar-refractivity contribution is 0.474. The van der Waals surface area contributed by atoms with Crippen LogP contribution in [0.15, 0.2) is 46.9 Å². The number of para-hydroxylation sites is 1. The highest BCUT2D eigenvalue weighted by Crippen LogP contribution is 2.37. The Balaban J connectivity index is 1.91. The summed E-state index contributed by atoms with van der Waals surface area (Å²) in [6.45, 7) is 0. The second-order valence-electron chi connectivity index (χ2n) is 5.24. The van der Waals surface area contributed by atoms with E-state index in [4.69, 9.17) is 0 Å². The molecule has 3 rings (SSSR count). The van der Waals surface area contributed by atoms with Gasteiger partial charge in [0.1, 0.15) is 5.75 Å². The topological polar surface area (TPSA) is 20.2 Å². The van der Waals surface area contributed by atoms with Crippen LogP contribution in [0.25, 0.3) is 11.1 Å². The van der Waals surface area contributed by atoms with E-state index in [2.05, 4.69) is 40.2 Å². The summed E-state index contributed by atoms with van der Waals surface area (Å²) in [5.41, 5.74) is 3.39. The zero-order valence-electron chi connectivity index (χ0n) is 10.8. The number of rotatable bonds is 2. The quantitative estimate of drug-likeness (QED) is 0.777. The maximum atomic E-state index is 10.1. The standard InChI is InChI=1S/C17H17BrO/c18-16-7-3-6-15(17(16)19)14-10-8-13(9-11-14)12-4-1-2-5-12/h3,6-12,19H,1-2,4-5H2. The molecule has 2 aromatic carbocycles. The molecular weight excluding hydrogens is 300 g/mol. The summed E-state index contributed by atoms with van der Waals surface area (Å²) >= 11 is 3.36. The summed E-state index contributed by atoms with van der Waals surface area (Å²) in [4.78, 5) is 0. The molecule has 0 radical (unpaired) electrons. The van der Waals surface area contributed by atoms with E-state index < -0.39 is 0 Å². The van der Waals surface area contributed by atoms with E-state index in [0.717, 1.165) is 21.5 Å². The molecule has 98 valence electrons. The predicted octanol–water partition coefficient (Wildman–Crippen LogP) is 5.48. The lowest BCUT2D eigenvalue weighted by Gasteiger charge is -2.11. The zero-order chi connectivity index (χ0) is 13.2. The van der Waals surface area contributed by atoms with Gasteiger partial charge >= 0.3 is 0 Å². The van der Waals surface area contributed by atoms with Crippen molar-refractivity contribution in [2.75, 3.05) is 0 Å². The van der Waals surface area contributed by atoms with Gasteiger partial charge in [0.05, 0.1) is 4.47 Å². The van der Waals surface area contributed by atoms with E-state index in [1.165, 1.54) is 31.2 Å². The second-order valence-corrected chi connectivity index (χ2v) is 6.09. The Kier molecular flexibility index (Phi) is 3.61. The molecule has 1 aliphatic carbocycles. The Morgan fingerprint density at radius 2 is 1.63 bits per heavy atom. The summed E-state index contributed by atoms with van der Waals surface area (Å²) in [5.74, 6) is 1.06. The fourth-order valence-electron chi connectivity index (χ4n) is 2.94. The molecule has 1 fully saturated rings. The van der Waals surface area contributed by atoms with Crippen LogP contribution < -0.4 is 0 Å². The predicted molar refractivity (Wildman–Crippen MR) is 82.5 cm³/mol. The van der Waals surface area contributed by atoms with E-state index in [1.54, 1.807) is 0 Å². The highest BCUT2D eigenvalue weighted by molar-refractivity contribution is 9.10. The lowest BCUT2D eigenvalue weighted by Crippen LogP contribution is -1.91. The maximum absolute atomic E-state index is 10.1. The van der Waals surface area contributed by atoms with Gasteiger partial charge in [-0.3, -0.25) is 0 Å². The maximum Gasteiger partial charge on any atom is 0.137 e. The number of hydrogen-bond donors (Lipinski definition) is 1. The molecule has 2 heteroatoms. The van der Waals surface area contributed by atoms with Crippen LogP contribution in [0, 0.1) is 0 Å². The van der Waals surface area contributed by atoms with Crippen molar-refractivity contribution < 1.29 is 5.11 Å². The van der Waals surface area contributed by atoms with Gasteiger partial charge in [-0.15, -0.1) is 0 Å². The second kappa shape index (κ2) is 5.38. The monoisotopic (exact) mass is 316 g/mol. The minimum absolute atomic E-state index is 0.316. The van der Waals surface area contributed by atoms with Crippen molar-refractivity contribution in [3.63, 3.8) is 0 Å². The molecule has 1 aliphatic rings. The average Bonchev–Trinajstić information content (AvgIpc) is 2.96. The van der Waals surface area contributed by atoms with Crippen LogP contribution in [0.2, 0.25) is 0 Å². The van der Waals surface area contributed by atoms with Crippen LogP contribution >= 0.6 is 15.9 Å². The molecule has 1 N–H and O–H groups in total. The summed E-state index contributed by atoms with van der Waals surface area (Å²) < 4.78 is 0.741. The first-order valence-corrected chi connectivity index (χ1v) is 7.63. The molecule has 1 saturated carbocycles. The number of aromatic hydroxyl groups is 1. The van der Waals surface area contributed by atoms with Crippen LogP contribution in [0.3, 0.4) is 0 Å². The van der Waals surface area contributed by atoms with Gasteiger partial charge in [-0.05, 0) is 51.9 Å². The molecule has 0 aliphatic heterocycles. The van der Waals surface area contributed by atoms with E-state index in [1.807, 2.05) is 18.2 Å². The smallest absolute Gasteiger partial charge is 0.137 e. The Hall–Kier alpha value is -1.28. The molecule has 2 aromatic rings. The minimum Gasteiger partial charge on any atom is -0.506 e. The largest absolute Gasteiger partial charge is 0.506 e. The van der Waals surface area contributed by atoms with Crippen molar-refractivity contribution in [2.45, 2.75) is 31.6 Å². The van der Waals surface area contributed by atoms with Gasteiger partial charge in [-0.2, -0.15) is 0 Å². The summed E-state index contributed by atoms with van der Waals surface area (Å²) in [6, 6.07) is 14.4. The van der Waals surface area contributed by atoms with Crippen molar-refractivity contribution >= 4 is 15.9 Å². The van der Waals surface area contributed by atoms with Gasteiger partial charge < -0.3 is 5.11 Å². The first-order chi connectivity index (χ1) is 9.25. The summed E-state index contributed by atoms with van der Waals surface area (Å²) in [7, 11) is 0. The van der Waals surface area contributed by atoms with Gasteiger partial charge in [-0.1, -0.05) is 49.2 Å². The van der Waals surface area contributed by atoms with E-state index in [0.29, 0.717) is 5.75 Å². The van der Waals surface area contributed by atoms with Gasteiger partial charge in [0.25, 0.3) is 0 Å². The SMILES string of the molecule is Oc1c(Br)cccc1-c1ccc(C2CCCC2)cc1. The summed E-state index contributed by atoms with van der Waals surface area (Å²) in [5, 5.41) is 10.1. The van der Waals surface area contributed by atoms with Crippen molar-refractivity contribution in [1.29, 1.82) is 0 Å². The number of halogens is 1. The normalized spacial score (nSPS) is 15.8. The fourth-order valence-corrected chi connectivity index (χ4v) is 3.31. The van der Waals surface area contributed by atoms with Crippen molar-refractivity contribution in [3.05, 3.63) is 52.5 Å². The van der Waals surface area contributed by atoms with Crippen molar-refractivity contribution in [3.8, 4) is 16.9 Å². The number of benzene rings is 2. The zero-order valence-corrected chi connectivity index (χ0v) is 12.4. The highest BCUT2D eigenvalue weighted by atomic mass is 79.9. The fraction of sp³-hybridized carbons (Fsp3) is 0.294. The van der Waals surface area contributed by atoms with Crippen molar-refractivity contribution in [1.82, 2.24) is 0 Å². The van der Waals surface area contributed by atoms with Crippen LogP contribution in [-0.4, -0.2) is 5.11 Å². The molecule has 0 heterocycles. The molecule has 0 atom stereocenters. The third-order valence-corrected chi connectivity index (χ3v) is 4.67. The van der Waals surface area contributed by atoms with Crippen LogP contribution in [0.5, 0.6) is 5.75 Å². The number of phenols is 1. The number of phenolic OH excluding ortho intramolecular Hbond substituents is 1. The van der Waals surface area contributed by atoms with Gasteiger partial charge in [0.15, 0.2) is 0 Å². The van der Waals surface area contributed by atoms with Crippen LogP contribution in [0.4, 0.5) is 0 Å². The minimum atomic E-state index is 0.316.